The highest BCUT2D eigenvalue weighted by molar-refractivity contribution is 6.36. The zero-order chi connectivity index (χ0) is 8.43. The molecule has 0 aliphatic rings. The van der Waals surface area contributed by atoms with Crippen LogP contribution in [0.3, 0.4) is 0 Å². The van der Waals surface area contributed by atoms with Gasteiger partial charge in [0.15, 0.2) is 0 Å². The molecule has 0 atom stereocenters. The van der Waals surface area contributed by atoms with E-state index in [0.29, 0.717) is 15.9 Å². The van der Waals surface area contributed by atoms with Crippen molar-refractivity contribution >= 4 is 34.8 Å². The van der Waals surface area contributed by atoms with E-state index in [4.69, 9.17) is 34.8 Å². The summed E-state index contributed by atoms with van der Waals surface area (Å²) >= 11 is 17.4. The second-order valence-electron chi connectivity index (χ2n) is 2.28. The molecule has 0 aliphatic heterocycles. The van der Waals surface area contributed by atoms with Crippen molar-refractivity contribution in [3.05, 3.63) is 33.3 Å². The summed E-state index contributed by atoms with van der Waals surface area (Å²) in [6, 6.07) is 3.64. The zero-order valence-electron chi connectivity index (χ0n) is 6.00. The molecule has 1 aromatic rings. The van der Waals surface area contributed by atoms with E-state index in [1.165, 1.54) is 0 Å². The minimum atomic E-state index is 0.427. The van der Waals surface area contributed by atoms with Crippen LogP contribution in [0.5, 0.6) is 0 Å². The summed E-state index contributed by atoms with van der Waals surface area (Å²) in [7, 11) is 0. The maximum absolute atomic E-state index is 5.93. The Labute approximate surface area is 81.1 Å². The van der Waals surface area contributed by atoms with E-state index in [0.717, 1.165) is 11.1 Å². The molecule has 1 aromatic carbocycles. The van der Waals surface area contributed by atoms with Gasteiger partial charge in [-0.25, -0.2) is 0 Å². The molecule has 0 heterocycles. The Hall–Kier alpha value is 0.0900. The SMILES string of the molecule is Cc1c(Cl)ccc(CCl)c1Cl. The van der Waals surface area contributed by atoms with E-state index in [1.807, 2.05) is 13.0 Å². The van der Waals surface area contributed by atoms with Gasteiger partial charge in [-0.05, 0) is 24.1 Å². The average molecular weight is 210 g/mol. The highest BCUT2D eigenvalue weighted by Crippen LogP contribution is 2.27. The fourth-order valence-corrected chi connectivity index (χ4v) is 1.55. The smallest absolute Gasteiger partial charge is 0.0494 e. The molecule has 0 bridgehead atoms. The van der Waals surface area contributed by atoms with Crippen LogP contribution >= 0.6 is 34.8 Å². The first-order valence-corrected chi connectivity index (χ1v) is 4.45. The molecule has 0 N–H and O–H groups in total. The molecule has 0 fully saturated rings. The molecule has 11 heavy (non-hydrogen) atoms. The van der Waals surface area contributed by atoms with E-state index in [-0.39, 0.29) is 0 Å². The second-order valence-corrected chi connectivity index (χ2v) is 3.33. The minimum Gasteiger partial charge on any atom is -0.121 e. The van der Waals surface area contributed by atoms with Crippen LogP contribution in [0.1, 0.15) is 11.1 Å². The van der Waals surface area contributed by atoms with Gasteiger partial charge in [-0.3, -0.25) is 0 Å². The third kappa shape index (κ3) is 1.81. The molecule has 0 spiro atoms. The van der Waals surface area contributed by atoms with Gasteiger partial charge < -0.3 is 0 Å². The number of halogens is 3. The van der Waals surface area contributed by atoms with Crippen molar-refractivity contribution in [1.29, 1.82) is 0 Å². The lowest BCUT2D eigenvalue weighted by molar-refractivity contribution is 1.35. The fourth-order valence-electron chi connectivity index (χ4n) is 0.821. The number of alkyl halides is 1. The van der Waals surface area contributed by atoms with E-state index >= 15 is 0 Å². The molecule has 0 unspecified atom stereocenters. The lowest BCUT2D eigenvalue weighted by atomic mass is 10.1. The van der Waals surface area contributed by atoms with Crippen molar-refractivity contribution in [2.75, 3.05) is 0 Å². The molecular formula is C8H7Cl3. The number of rotatable bonds is 1. The highest BCUT2D eigenvalue weighted by Gasteiger charge is 2.04. The number of hydrogen-bond acceptors (Lipinski definition) is 0. The molecule has 0 saturated carbocycles. The van der Waals surface area contributed by atoms with Crippen LogP contribution in [0.15, 0.2) is 12.1 Å². The number of hydrogen-bond donors (Lipinski definition) is 0. The van der Waals surface area contributed by atoms with Gasteiger partial charge in [-0.2, -0.15) is 0 Å². The molecule has 60 valence electrons. The van der Waals surface area contributed by atoms with Gasteiger partial charge in [-0.15, -0.1) is 11.6 Å². The van der Waals surface area contributed by atoms with Crippen LogP contribution in [0.2, 0.25) is 10.0 Å². The van der Waals surface area contributed by atoms with Crippen LogP contribution in [0.25, 0.3) is 0 Å². The molecular weight excluding hydrogens is 202 g/mol. The van der Waals surface area contributed by atoms with Gasteiger partial charge in [0.05, 0.1) is 0 Å². The quantitative estimate of drug-likeness (QED) is 0.613. The third-order valence-electron chi connectivity index (χ3n) is 1.54. The lowest BCUT2D eigenvalue weighted by Gasteiger charge is -2.04. The summed E-state index contributed by atoms with van der Waals surface area (Å²) in [5, 5.41) is 1.36. The predicted molar refractivity (Wildman–Crippen MR) is 50.8 cm³/mol. The van der Waals surface area contributed by atoms with Crippen LogP contribution in [-0.4, -0.2) is 0 Å². The maximum Gasteiger partial charge on any atom is 0.0494 e. The van der Waals surface area contributed by atoms with Crippen LogP contribution in [0, 0.1) is 6.92 Å². The van der Waals surface area contributed by atoms with E-state index in [1.54, 1.807) is 6.07 Å². The Bertz CT molecular complexity index is 268. The number of benzene rings is 1. The average Bonchev–Trinajstić information content (AvgIpc) is 2.01. The van der Waals surface area contributed by atoms with Gasteiger partial charge in [-0.1, -0.05) is 29.3 Å². The Kier molecular flexibility index (Phi) is 3.06. The molecule has 0 saturated heterocycles. The monoisotopic (exact) mass is 208 g/mol. The molecule has 3 heteroatoms. The molecule has 0 amide bonds. The Balaban J connectivity index is 3.25. The third-order valence-corrected chi connectivity index (χ3v) is 2.77. The van der Waals surface area contributed by atoms with Gasteiger partial charge in [0.2, 0.25) is 0 Å². The Morgan fingerprint density at radius 1 is 1.27 bits per heavy atom. The summed E-state index contributed by atoms with van der Waals surface area (Å²) in [6.07, 6.45) is 0. The first-order chi connectivity index (χ1) is 5.16. The van der Waals surface area contributed by atoms with Crippen molar-refractivity contribution < 1.29 is 0 Å². The summed E-state index contributed by atoms with van der Waals surface area (Å²) in [5.41, 5.74) is 1.82. The van der Waals surface area contributed by atoms with E-state index in [9.17, 15) is 0 Å². The minimum absolute atomic E-state index is 0.427. The normalized spacial score (nSPS) is 10.2. The van der Waals surface area contributed by atoms with Crippen molar-refractivity contribution in [3.8, 4) is 0 Å². The molecule has 1 rings (SSSR count). The van der Waals surface area contributed by atoms with Crippen LogP contribution in [0.4, 0.5) is 0 Å². The van der Waals surface area contributed by atoms with Crippen LogP contribution < -0.4 is 0 Å². The first kappa shape index (κ1) is 9.18. The van der Waals surface area contributed by atoms with Gasteiger partial charge in [0.25, 0.3) is 0 Å². The van der Waals surface area contributed by atoms with E-state index < -0.39 is 0 Å². The van der Waals surface area contributed by atoms with Gasteiger partial charge in [0.1, 0.15) is 0 Å². The standard InChI is InChI=1S/C8H7Cl3/c1-5-7(10)3-2-6(4-9)8(5)11/h2-3H,4H2,1H3. The van der Waals surface area contributed by atoms with Crippen molar-refractivity contribution in [2.24, 2.45) is 0 Å². The summed E-state index contributed by atoms with van der Waals surface area (Å²) in [4.78, 5) is 0. The lowest BCUT2D eigenvalue weighted by Crippen LogP contribution is -1.84. The fraction of sp³-hybridized carbons (Fsp3) is 0.250. The predicted octanol–water partition coefficient (Wildman–Crippen LogP) is 4.04. The first-order valence-electron chi connectivity index (χ1n) is 3.16. The highest BCUT2D eigenvalue weighted by atomic mass is 35.5. The second kappa shape index (κ2) is 3.66. The van der Waals surface area contributed by atoms with Crippen molar-refractivity contribution in [3.63, 3.8) is 0 Å². The molecule has 0 aliphatic carbocycles. The van der Waals surface area contributed by atoms with Crippen LogP contribution in [-0.2, 0) is 5.88 Å². The van der Waals surface area contributed by atoms with Gasteiger partial charge >= 0.3 is 0 Å². The molecule has 0 radical (unpaired) electrons. The Morgan fingerprint density at radius 3 is 2.45 bits per heavy atom. The largest absolute Gasteiger partial charge is 0.121 e. The zero-order valence-corrected chi connectivity index (χ0v) is 8.26. The molecule has 0 nitrogen and oxygen atoms in total. The van der Waals surface area contributed by atoms with Crippen molar-refractivity contribution in [1.82, 2.24) is 0 Å². The van der Waals surface area contributed by atoms with E-state index in [2.05, 4.69) is 0 Å². The van der Waals surface area contributed by atoms with Gasteiger partial charge in [0, 0.05) is 15.9 Å². The van der Waals surface area contributed by atoms with Crippen molar-refractivity contribution in [2.45, 2.75) is 12.8 Å². The Morgan fingerprint density at radius 2 is 1.91 bits per heavy atom. The summed E-state index contributed by atoms with van der Waals surface area (Å²) < 4.78 is 0. The summed E-state index contributed by atoms with van der Waals surface area (Å²) in [5.74, 6) is 0.427. The maximum atomic E-state index is 5.93. The molecule has 0 aromatic heterocycles. The topological polar surface area (TPSA) is 0 Å². The summed E-state index contributed by atoms with van der Waals surface area (Å²) in [6.45, 7) is 1.88.